The minimum absolute atomic E-state index is 0.0165. The van der Waals surface area contributed by atoms with Crippen molar-refractivity contribution in [2.75, 3.05) is 0 Å². The summed E-state index contributed by atoms with van der Waals surface area (Å²) in [5.41, 5.74) is 1.89. The first-order valence-corrected chi connectivity index (χ1v) is 9.07. The van der Waals surface area contributed by atoms with Crippen LogP contribution in [0.2, 0.25) is 0 Å². The highest BCUT2D eigenvalue weighted by Gasteiger charge is 2.21. The molecule has 8 nitrogen and oxygen atoms in total. The Bertz CT molecular complexity index is 1190. The third-order valence-electron chi connectivity index (χ3n) is 3.72. The van der Waals surface area contributed by atoms with Crippen LogP contribution in [0.3, 0.4) is 0 Å². The molecule has 0 unspecified atom stereocenters. The Morgan fingerprint density at radius 3 is 2.73 bits per heavy atom. The van der Waals surface area contributed by atoms with E-state index in [-0.39, 0.29) is 10.6 Å². The monoisotopic (exact) mass is 367 g/mol. The Balaban J connectivity index is 1.74. The normalized spacial score (nSPS) is 11.6. The lowest BCUT2D eigenvalue weighted by Gasteiger charge is -2.10. The van der Waals surface area contributed by atoms with Crippen molar-refractivity contribution in [1.82, 2.24) is 25.2 Å². The summed E-state index contributed by atoms with van der Waals surface area (Å²) in [6.07, 6.45) is 3.03. The molecule has 0 saturated heterocycles. The molecule has 0 aliphatic carbocycles. The first-order chi connectivity index (χ1) is 12.5. The number of aromatic nitrogens is 5. The lowest BCUT2D eigenvalue weighted by atomic mass is 10.2. The van der Waals surface area contributed by atoms with Gasteiger partial charge in [-0.1, -0.05) is 18.2 Å². The molecule has 0 fully saturated rings. The Morgan fingerprint density at radius 1 is 1.08 bits per heavy atom. The van der Waals surface area contributed by atoms with Crippen LogP contribution in [0.1, 0.15) is 5.56 Å². The maximum atomic E-state index is 12.8. The molecule has 2 heterocycles. The quantitative estimate of drug-likeness (QED) is 0.510. The maximum Gasteiger partial charge on any atom is 0.341 e. The van der Waals surface area contributed by atoms with E-state index in [1.54, 1.807) is 30.5 Å². The summed E-state index contributed by atoms with van der Waals surface area (Å²) in [6, 6.07) is 13.3. The second-order valence-corrected chi connectivity index (χ2v) is 7.14. The van der Waals surface area contributed by atoms with Crippen LogP contribution >= 0.6 is 0 Å². The first-order valence-electron chi connectivity index (χ1n) is 7.66. The highest BCUT2D eigenvalue weighted by molar-refractivity contribution is 7.87. The van der Waals surface area contributed by atoms with Gasteiger partial charge in [0.15, 0.2) is 0 Å². The number of tetrazole rings is 1. The van der Waals surface area contributed by atoms with Crippen molar-refractivity contribution < 1.29 is 12.6 Å². The van der Waals surface area contributed by atoms with Crippen LogP contribution in [0.15, 0.2) is 66.0 Å². The molecule has 2 aromatic heterocycles. The average Bonchev–Trinajstić information content (AvgIpc) is 3.15. The van der Waals surface area contributed by atoms with E-state index < -0.39 is 10.1 Å². The van der Waals surface area contributed by atoms with Crippen molar-refractivity contribution in [2.24, 2.45) is 0 Å². The Hall–Kier alpha value is -3.33. The van der Waals surface area contributed by atoms with Gasteiger partial charge in [0.1, 0.15) is 17.0 Å². The Kier molecular flexibility index (Phi) is 3.85. The molecule has 0 aliphatic heterocycles. The van der Waals surface area contributed by atoms with E-state index in [0.717, 1.165) is 10.9 Å². The lowest BCUT2D eigenvalue weighted by Crippen LogP contribution is -2.11. The standard InChI is InChI=1S/C17H13N5O3S/c1-12-8-13-4-2-7-16(17(13)18-10-12)26(23,24)25-15-6-3-5-14(9-15)22-11-19-20-21-22/h2-11H,1H3. The van der Waals surface area contributed by atoms with Crippen LogP contribution in [-0.4, -0.2) is 33.6 Å². The summed E-state index contributed by atoms with van der Waals surface area (Å²) < 4.78 is 32.3. The second kappa shape index (κ2) is 6.19. The van der Waals surface area contributed by atoms with E-state index in [0.29, 0.717) is 11.2 Å². The molecule has 0 aliphatic rings. The fourth-order valence-corrected chi connectivity index (χ4v) is 3.67. The van der Waals surface area contributed by atoms with Crippen molar-refractivity contribution >= 4 is 21.0 Å². The third kappa shape index (κ3) is 3.00. The van der Waals surface area contributed by atoms with Gasteiger partial charge in [0.05, 0.1) is 11.2 Å². The molecule has 130 valence electrons. The van der Waals surface area contributed by atoms with Crippen molar-refractivity contribution in [1.29, 1.82) is 0 Å². The van der Waals surface area contributed by atoms with Gasteiger partial charge in [-0.15, -0.1) is 5.10 Å². The van der Waals surface area contributed by atoms with E-state index in [1.807, 2.05) is 19.1 Å². The van der Waals surface area contributed by atoms with Gasteiger partial charge < -0.3 is 4.18 Å². The zero-order chi connectivity index (χ0) is 18.1. The van der Waals surface area contributed by atoms with Gasteiger partial charge in [0.25, 0.3) is 0 Å². The minimum atomic E-state index is -4.06. The fourth-order valence-electron chi connectivity index (χ4n) is 2.57. The Morgan fingerprint density at radius 2 is 1.92 bits per heavy atom. The van der Waals surface area contributed by atoms with E-state index in [4.69, 9.17) is 4.18 Å². The molecular formula is C17H13N5O3S. The number of nitrogens with zero attached hydrogens (tertiary/aromatic N) is 5. The maximum absolute atomic E-state index is 12.8. The summed E-state index contributed by atoms with van der Waals surface area (Å²) in [5, 5.41) is 11.6. The number of para-hydroxylation sites is 1. The Labute approximate surface area is 149 Å². The zero-order valence-corrected chi connectivity index (χ0v) is 14.5. The van der Waals surface area contributed by atoms with Crippen molar-refractivity contribution in [3.8, 4) is 11.4 Å². The number of pyridine rings is 1. The van der Waals surface area contributed by atoms with E-state index >= 15 is 0 Å². The highest BCUT2D eigenvalue weighted by atomic mass is 32.2. The van der Waals surface area contributed by atoms with Gasteiger partial charge in [0.2, 0.25) is 0 Å². The third-order valence-corrected chi connectivity index (χ3v) is 5.00. The molecule has 0 spiro atoms. The molecule has 2 aromatic carbocycles. The summed E-state index contributed by atoms with van der Waals surface area (Å²) in [7, 11) is -4.06. The molecule has 26 heavy (non-hydrogen) atoms. The summed E-state index contributed by atoms with van der Waals surface area (Å²) >= 11 is 0. The minimum Gasteiger partial charge on any atom is -0.379 e. The number of benzene rings is 2. The topological polar surface area (TPSA) is 99.9 Å². The van der Waals surface area contributed by atoms with Crippen LogP contribution in [0.4, 0.5) is 0 Å². The molecule has 0 bridgehead atoms. The SMILES string of the molecule is Cc1cnc2c(S(=O)(=O)Oc3cccc(-n4cnnn4)c3)cccc2c1. The van der Waals surface area contributed by atoms with Crippen LogP contribution in [0, 0.1) is 6.92 Å². The average molecular weight is 367 g/mol. The number of hydrogen-bond donors (Lipinski definition) is 0. The van der Waals surface area contributed by atoms with Gasteiger partial charge in [-0.3, -0.25) is 4.98 Å². The predicted molar refractivity (Wildman–Crippen MR) is 93.4 cm³/mol. The fraction of sp³-hybridized carbons (Fsp3) is 0.0588. The van der Waals surface area contributed by atoms with Gasteiger partial charge in [0, 0.05) is 17.6 Å². The number of aryl methyl sites for hydroxylation is 1. The van der Waals surface area contributed by atoms with Gasteiger partial charge >= 0.3 is 10.1 Å². The van der Waals surface area contributed by atoms with Gasteiger partial charge in [-0.2, -0.15) is 8.42 Å². The largest absolute Gasteiger partial charge is 0.379 e. The lowest BCUT2D eigenvalue weighted by molar-refractivity contribution is 0.486. The summed E-state index contributed by atoms with van der Waals surface area (Å²) in [4.78, 5) is 4.27. The van der Waals surface area contributed by atoms with Crippen LogP contribution in [0.25, 0.3) is 16.6 Å². The van der Waals surface area contributed by atoms with Crippen molar-refractivity contribution in [2.45, 2.75) is 11.8 Å². The van der Waals surface area contributed by atoms with Crippen LogP contribution in [0.5, 0.6) is 5.75 Å². The zero-order valence-electron chi connectivity index (χ0n) is 13.6. The molecule has 0 atom stereocenters. The smallest absolute Gasteiger partial charge is 0.341 e. The van der Waals surface area contributed by atoms with E-state index in [2.05, 4.69) is 20.5 Å². The first kappa shape index (κ1) is 16.2. The molecule has 0 radical (unpaired) electrons. The molecule has 0 amide bonds. The van der Waals surface area contributed by atoms with Crippen LogP contribution in [-0.2, 0) is 10.1 Å². The van der Waals surface area contributed by atoms with Gasteiger partial charge in [-0.05, 0) is 47.2 Å². The number of fused-ring (bicyclic) bond motifs is 1. The number of rotatable bonds is 4. The molecule has 9 heteroatoms. The van der Waals surface area contributed by atoms with Gasteiger partial charge in [-0.25, -0.2) is 4.68 Å². The number of hydrogen-bond acceptors (Lipinski definition) is 7. The van der Waals surface area contributed by atoms with Crippen molar-refractivity contribution in [3.63, 3.8) is 0 Å². The highest BCUT2D eigenvalue weighted by Crippen LogP contribution is 2.26. The second-order valence-electron chi connectivity index (χ2n) is 5.63. The summed E-state index contributed by atoms with van der Waals surface area (Å²) in [5.74, 6) is 0.155. The van der Waals surface area contributed by atoms with Crippen LogP contribution < -0.4 is 4.18 Å². The molecular weight excluding hydrogens is 354 g/mol. The van der Waals surface area contributed by atoms with E-state index in [1.165, 1.54) is 23.1 Å². The van der Waals surface area contributed by atoms with Crippen molar-refractivity contribution in [3.05, 3.63) is 66.6 Å². The molecule has 0 N–H and O–H groups in total. The molecule has 0 saturated carbocycles. The summed E-state index contributed by atoms with van der Waals surface area (Å²) in [6.45, 7) is 1.90. The predicted octanol–water partition coefficient (Wildman–Crippen LogP) is 2.29. The van der Waals surface area contributed by atoms with E-state index in [9.17, 15) is 8.42 Å². The molecule has 4 aromatic rings. The molecule has 4 rings (SSSR count).